The zero-order valence-electron chi connectivity index (χ0n) is 15.9. The van der Waals surface area contributed by atoms with Crippen LogP contribution in [0.1, 0.15) is 18.1 Å². The molecule has 5 aliphatic rings. The van der Waals surface area contributed by atoms with Gasteiger partial charge in [0.2, 0.25) is 5.78 Å². The molecule has 0 saturated heterocycles. The maximum Gasteiger partial charge on any atom is 0.201 e. The molecule has 0 radical (unpaired) electrons. The van der Waals surface area contributed by atoms with Crippen LogP contribution in [0, 0.1) is 12.8 Å². The van der Waals surface area contributed by atoms with Gasteiger partial charge in [-0.15, -0.1) is 0 Å². The second kappa shape index (κ2) is 6.07. The summed E-state index contributed by atoms with van der Waals surface area (Å²) >= 11 is 0. The highest BCUT2D eigenvalue weighted by molar-refractivity contribution is 6.40. The first-order chi connectivity index (χ1) is 13.6. The van der Waals surface area contributed by atoms with Gasteiger partial charge in [-0.25, -0.2) is 0 Å². The lowest BCUT2D eigenvalue weighted by molar-refractivity contribution is -0.111. The summed E-state index contributed by atoms with van der Waals surface area (Å²) < 4.78 is 0. The third-order valence-corrected chi connectivity index (χ3v) is 5.80. The van der Waals surface area contributed by atoms with Crippen LogP contribution in [-0.2, 0) is 4.79 Å². The van der Waals surface area contributed by atoms with Gasteiger partial charge < -0.3 is 5.11 Å². The van der Waals surface area contributed by atoms with E-state index in [4.69, 9.17) is 0 Å². The minimum Gasteiger partial charge on any atom is -0.506 e. The van der Waals surface area contributed by atoms with Crippen LogP contribution in [0.5, 0.6) is 0 Å². The molecule has 5 aliphatic carbocycles. The summed E-state index contributed by atoms with van der Waals surface area (Å²) in [5, 5.41) is 11.0. The van der Waals surface area contributed by atoms with Gasteiger partial charge >= 0.3 is 0 Å². The maximum atomic E-state index is 13.3. The van der Waals surface area contributed by atoms with Crippen molar-refractivity contribution in [1.82, 2.24) is 0 Å². The average Bonchev–Trinajstić information content (AvgIpc) is 2.93. The van der Waals surface area contributed by atoms with Crippen molar-refractivity contribution in [3.63, 3.8) is 0 Å². The number of hydrogen-bond donors (Lipinski definition) is 1. The first-order valence-electron chi connectivity index (χ1n) is 9.56. The van der Waals surface area contributed by atoms with Crippen LogP contribution in [0.15, 0.2) is 101 Å². The predicted octanol–water partition coefficient (Wildman–Crippen LogP) is 5.88. The Morgan fingerprint density at radius 3 is 2.64 bits per heavy atom. The number of aliphatic hydroxyl groups is 1. The lowest BCUT2D eigenvalue weighted by Crippen LogP contribution is -2.24. The van der Waals surface area contributed by atoms with Crippen LogP contribution in [0.25, 0.3) is 16.7 Å². The molecule has 28 heavy (non-hydrogen) atoms. The van der Waals surface area contributed by atoms with Gasteiger partial charge in [-0.1, -0.05) is 79.8 Å². The fourth-order valence-corrected chi connectivity index (χ4v) is 4.56. The van der Waals surface area contributed by atoms with E-state index in [1.165, 1.54) is 0 Å². The molecule has 5 rings (SSSR count). The summed E-state index contributed by atoms with van der Waals surface area (Å²) in [5.41, 5.74) is 7.92. The molecular weight excluding hydrogens is 344 g/mol. The molecule has 0 fully saturated rings. The molecule has 0 aromatic carbocycles. The fourth-order valence-electron chi connectivity index (χ4n) is 4.56. The third-order valence-electron chi connectivity index (χ3n) is 5.80. The van der Waals surface area contributed by atoms with Crippen molar-refractivity contribution in [2.75, 3.05) is 0 Å². The Morgan fingerprint density at radius 1 is 1.00 bits per heavy atom. The number of carbonyl (C=O) groups is 1. The van der Waals surface area contributed by atoms with Crippen molar-refractivity contribution in [3.8, 4) is 11.1 Å². The monoisotopic (exact) mass is 364 g/mol. The van der Waals surface area contributed by atoms with Gasteiger partial charge in [-0.05, 0) is 40.3 Å². The predicted molar refractivity (Wildman–Crippen MR) is 113 cm³/mol. The smallest absolute Gasteiger partial charge is 0.201 e. The first-order valence-corrected chi connectivity index (χ1v) is 9.56. The molecule has 2 heteroatoms. The molecule has 136 valence electrons. The minimum atomic E-state index is -0.0609. The number of aryl methyl sites for hydroxylation is 1. The number of Topliss-reactive ketones (excluding diaryl/α,β-unsaturated/α-hetero) is 1. The molecule has 0 spiro atoms. The topological polar surface area (TPSA) is 37.3 Å². The largest absolute Gasteiger partial charge is 0.506 e. The van der Waals surface area contributed by atoms with E-state index in [1.807, 2.05) is 61.6 Å². The zero-order valence-corrected chi connectivity index (χ0v) is 15.9. The van der Waals surface area contributed by atoms with E-state index in [0.717, 1.165) is 39.0 Å². The average molecular weight is 364 g/mol. The Labute approximate surface area is 164 Å². The third kappa shape index (κ3) is 2.24. The Kier molecular flexibility index (Phi) is 3.63. The van der Waals surface area contributed by atoms with Gasteiger partial charge in [0.15, 0.2) is 0 Å². The standard InChI is InChI=1S/C26H20O2/c1-15-13-17-9-5-3-7-11-19(17)21(15)23-25(27)24(26(23)28)22-16(2)14-18-10-6-4-8-12-20(18)22/h3-15,27H,1-2H3. The van der Waals surface area contributed by atoms with E-state index in [0.29, 0.717) is 11.1 Å². The van der Waals surface area contributed by atoms with Crippen LogP contribution in [0.2, 0.25) is 0 Å². The summed E-state index contributed by atoms with van der Waals surface area (Å²) in [6.45, 7) is 4.07. The molecule has 1 unspecified atom stereocenters. The number of fused-ring (bicyclic) bond motifs is 2. The van der Waals surface area contributed by atoms with Crippen LogP contribution < -0.4 is 0 Å². The van der Waals surface area contributed by atoms with E-state index in [1.54, 1.807) is 0 Å². The molecule has 2 nitrogen and oxygen atoms in total. The number of hydrogen-bond acceptors (Lipinski definition) is 2. The van der Waals surface area contributed by atoms with Crippen molar-refractivity contribution in [2.45, 2.75) is 13.8 Å². The summed E-state index contributed by atoms with van der Waals surface area (Å²) in [5.74, 6) is 0.159. The summed E-state index contributed by atoms with van der Waals surface area (Å²) in [7, 11) is 0. The number of rotatable bonds is 1. The molecule has 0 aromatic rings. The fraction of sp³-hybridized carbons (Fsp3) is 0.115. The highest BCUT2D eigenvalue weighted by Crippen LogP contribution is 2.49. The minimum absolute atomic E-state index is 0.0609. The highest BCUT2D eigenvalue weighted by atomic mass is 16.3. The van der Waals surface area contributed by atoms with Crippen molar-refractivity contribution < 1.29 is 9.90 Å². The summed E-state index contributed by atoms with van der Waals surface area (Å²) in [6, 6.07) is 12.0. The SMILES string of the molecule is Cc1cc2cccccc-2c1C1=C(O)C(=C2C3=CC=CC=CC3=CC2C)C1=O. The Balaban J connectivity index is 1.69. The van der Waals surface area contributed by atoms with Gasteiger partial charge in [-0.2, -0.15) is 0 Å². The van der Waals surface area contributed by atoms with Crippen LogP contribution in [0.4, 0.5) is 0 Å². The molecule has 0 bridgehead atoms. The Morgan fingerprint density at radius 2 is 1.82 bits per heavy atom. The second-order valence-corrected chi connectivity index (χ2v) is 7.56. The molecule has 1 atom stereocenters. The summed E-state index contributed by atoms with van der Waals surface area (Å²) in [4.78, 5) is 13.3. The number of allylic oxidation sites excluding steroid dienone is 11. The molecular formula is C26H20O2. The van der Waals surface area contributed by atoms with Crippen molar-refractivity contribution in [2.24, 2.45) is 5.92 Å². The van der Waals surface area contributed by atoms with Crippen LogP contribution >= 0.6 is 0 Å². The van der Waals surface area contributed by atoms with E-state index < -0.39 is 0 Å². The van der Waals surface area contributed by atoms with E-state index >= 15 is 0 Å². The zero-order chi connectivity index (χ0) is 19.4. The van der Waals surface area contributed by atoms with Crippen LogP contribution in [-0.4, -0.2) is 10.9 Å². The number of aliphatic hydroxyl groups excluding tert-OH is 1. The highest BCUT2D eigenvalue weighted by Gasteiger charge is 2.42. The van der Waals surface area contributed by atoms with E-state index in [9.17, 15) is 9.90 Å². The number of ketones is 1. The Bertz CT molecular complexity index is 1190. The first kappa shape index (κ1) is 16.8. The normalized spacial score (nSPS) is 23.5. The number of carbonyl (C=O) groups excluding carboxylic acids is 1. The quantitative estimate of drug-likeness (QED) is 0.642. The second-order valence-electron chi connectivity index (χ2n) is 7.56. The lowest BCUT2D eigenvalue weighted by Gasteiger charge is -2.26. The van der Waals surface area contributed by atoms with Gasteiger partial charge in [0.1, 0.15) is 5.76 Å². The van der Waals surface area contributed by atoms with Gasteiger partial charge in [0.05, 0.1) is 11.1 Å². The summed E-state index contributed by atoms with van der Waals surface area (Å²) in [6.07, 6.45) is 12.2. The molecule has 0 saturated carbocycles. The Hall–Kier alpha value is -3.39. The van der Waals surface area contributed by atoms with Gasteiger partial charge in [-0.3, -0.25) is 4.79 Å². The molecule has 0 aromatic heterocycles. The molecule has 0 heterocycles. The van der Waals surface area contributed by atoms with Gasteiger partial charge in [0, 0.05) is 11.5 Å². The van der Waals surface area contributed by atoms with Gasteiger partial charge in [0.25, 0.3) is 0 Å². The van der Waals surface area contributed by atoms with E-state index in [-0.39, 0.29) is 17.5 Å². The van der Waals surface area contributed by atoms with E-state index in [2.05, 4.69) is 25.1 Å². The maximum absolute atomic E-state index is 13.3. The van der Waals surface area contributed by atoms with Crippen molar-refractivity contribution in [1.29, 1.82) is 0 Å². The molecule has 1 N–H and O–H groups in total. The van der Waals surface area contributed by atoms with Crippen molar-refractivity contribution >= 4 is 11.4 Å². The molecule has 0 aliphatic heterocycles. The molecule has 0 amide bonds. The van der Waals surface area contributed by atoms with Crippen LogP contribution in [0.3, 0.4) is 0 Å². The lowest BCUT2D eigenvalue weighted by atomic mass is 9.76. The van der Waals surface area contributed by atoms with Crippen molar-refractivity contribution in [3.05, 3.63) is 112 Å².